The third-order valence-electron chi connectivity index (χ3n) is 4.87. The van der Waals surface area contributed by atoms with E-state index in [1.54, 1.807) is 47.4 Å². The Morgan fingerprint density at radius 2 is 1.64 bits per heavy atom. The lowest BCUT2D eigenvalue weighted by molar-refractivity contribution is -0.119. The molecule has 0 aliphatic rings. The Morgan fingerprint density at radius 3 is 2.30 bits per heavy atom. The topological polar surface area (TPSA) is 98.1 Å². The maximum Gasteiger partial charge on any atom is 0.375 e. The zero-order chi connectivity index (χ0) is 23.6. The second-order valence-corrected chi connectivity index (χ2v) is 7.06. The van der Waals surface area contributed by atoms with Crippen LogP contribution in [0, 0.1) is 0 Å². The number of carbonyl (C=O) groups excluding carboxylic acids is 3. The molecule has 0 radical (unpaired) electrons. The van der Waals surface area contributed by atoms with Crippen molar-refractivity contribution in [2.75, 3.05) is 25.0 Å². The van der Waals surface area contributed by atoms with Crippen LogP contribution in [-0.2, 0) is 16.1 Å². The van der Waals surface area contributed by atoms with Gasteiger partial charge < -0.3 is 24.1 Å². The van der Waals surface area contributed by atoms with Crippen LogP contribution < -0.4 is 10.1 Å². The Balaban J connectivity index is 1.50. The molecule has 33 heavy (non-hydrogen) atoms. The molecular formula is C25H26N2O6. The van der Waals surface area contributed by atoms with E-state index < -0.39 is 18.5 Å². The van der Waals surface area contributed by atoms with Crippen LogP contribution in [-0.4, -0.2) is 42.4 Å². The Kier molecular flexibility index (Phi) is 8.24. The van der Waals surface area contributed by atoms with Gasteiger partial charge >= 0.3 is 5.97 Å². The normalized spacial score (nSPS) is 10.4. The number of amides is 2. The van der Waals surface area contributed by atoms with Crippen LogP contribution in [0.4, 0.5) is 5.69 Å². The van der Waals surface area contributed by atoms with Crippen molar-refractivity contribution in [1.82, 2.24) is 4.90 Å². The quantitative estimate of drug-likeness (QED) is 0.466. The first-order valence-corrected chi connectivity index (χ1v) is 10.6. The molecular weight excluding hydrogens is 424 g/mol. The average Bonchev–Trinajstić information content (AvgIpc) is 3.32. The van der Waals surface area contributed by atoms with Gasteiger partial charge in [0, 0.05) is 29.9 Å². The molecule has 1 N–H and O–H groups in total. The first-order valence-electron chi connectivity index (χ1n) is 10.6. The number of rotatable bonds is 10. The average molecular weight is 450 g/mol. The Hall–Kier alpha value is -4.07. The lowest BCUT2D eigenvalue weighted by atomic mass is 10.2. The van der Waals surface area contributed by atoms with Crippen molar-refractivity contribution in [1.29, 1.82) is 0 Å². The number of esters is 1. The molecule has 0 bridgehead atoms. The number of nitrogens with zero attached hydrogens (tertiary/aromatic N) is 1. The molecule has 2 amide bonds. The molecule has 1 heterocycles. The summed E-state index contributed by atoms with van der Waals surface area (Å²) in [5, 5.41) is 2.63. The number of hydrogen-bond donors (Lipinski definition) is 1. The van der Waals surface area contributed by atoms with E-state index in [1.807, 2.05) is 32.0 Å². The molecule has 0 saturated heterocycles. The van der Waals surface area contributed by atoms with E-state index in [9.17, 15) is 14.4 Å². The van der Waals surface area contributed by atoms with Gasteiger partial charge in [-0.2, -0.15) is 0 Å². The van der Waals surface area contributed by atoms with Crippen molar-refractivity contribution in [3.63, 3.8) is 0 Å². The highest BCUT2D eigenvalue weighted by Gasteiger charge is 2.19. The van der Waals surface area contributed by atoms with Crippen LogP contribution in [0.3, 0.4) is 0 Å². The zero-order valence-corrected chi connectivity index (χ0v) is 18.6. The molecule has 8 nitrogen and oxygen atoms in total. The lowest BCUT2D eigenvalue weighted by Crippen LogP contribution is -2.30. The summed E-state index contributed by atoms with van der Waals surface area (Å²) < 4.78 is 15.9. The minimum Gasteiger partial charge on any atom is -0.489 e. The third kappa shape index (κ3) is 6.46. The van der Waals surface area contributed by atoms with Crippen molar-refractivity contribution in [3.8, 4) is 5.75 Å². The van der Waals surface area contributed by atoms with E-state index in [0.717, 1.165) is 0 Å². The van der Waals surface area contributed by atoms with Gasteiger partial charge in [-0.05, 0) is 56.3 Å². The van der Waals surface area contributed by atoms with Gasteiger partial charge in [0.2, 0.25) is 5.76 Å². The number of anilines is 1. The van der Waals surface area contributed by atoms with Crippen molar-refractivity contribution < 1.29 is 28.3 Å². The number of nitrogens with one attached hydrogen (secondary N) is 1. The van der Waals surface area contributed by atoms with E-state index >= 15 is 0 Å². The predicted octanol–water partition coefficient (Wildman–Crippen LogP) is 4.14. The van der Waals surface area contributed by atoms with Gasteiger partial charge in [0.15, 0.2) is 6.61 Å². The molecule has 0 unspecified atom stereocenters. The van der Waals surface area contributed by atoms with Crippen LogP contribution >= 0.6 is 0 Å². The van der Waals surface area contributed by atoms with Gasteiger partial charge in [0.25, 0.3) is 11.8 Å². The number of para-hydroxylation sites is 1. The molecule has 3 rings (SSSR count). The monoisotopic (exact) mass is 450 g/mol. The highest BCUT2D eigenvalue weighted by molar-refractivity contribution is 5.97. The van der Waals surface area contributed by atoms with Crippen molar-refractivity contribution in [2.45, 2.75) is 20.5 Å². The summed E-state index contributed by atoms with van der Waals surface area (Å²) in [5.41, 5.74) is 1.53. The molecule has 0 aliphatic heterocycles. The molecule has 0 saturated carbocycles. The van der Waals surface area contributed by atoms with Crippen LogP contribution in [0.25, 0.3) is 0 Å². The molecule has 3 aromatic rings. The molecule has 1 aromatic heterocycles. The van der Waals surface area contributed by atoms with Gasteiger partial charge in [-0.3, -0.25) is 9.59 Å². The molecule has 0 fully saturated rings. The molecule has 0 atom stereocenters. The van der Waals surface area contributed by atoms with Crippen LogP contribution in [0.5, 0.6) is 5.75 Å². The maximum absolute atomic E-state index is 12.3. The van der Waals surface area contributed by atoms with Crippen LogP contribution in [0.15, 0.2) is 71.3 Å². The predicted molar refractivity (Wildman–Crippen MR) is 122 cm³/mol. The van der Waals surface area contributed by atoms with E-state index in [2.05, 4.69) is 5.32 Å². The summed E-state index contributed by atoms with van der Waals surface area (Å²) in [6.07, 6.45) is 1.36. The van der Waals surface area contributed by atoms with E-state index in [1.165, 1.54) is 6.26 Å². The van der Waals surface area contributed by atoms with Gasteiger partial charge in [0.05, 0.1) is 6.26 Å². The second kappa shape index (κ2) is 11.5. The fraction of sp³-hybridized carbons (Fsp3) is 0.240. The molecule has 172 valence electrons. The summed E-state index contributed by atoms with van der Waals surface area (Å²) in [7, 11) is 0. The summed E-state index contributed by atoms with van der Waals surface area (Å²) in [4.78, 5) is 38.6. The standard InChI is InChI=1S/C25H26N2O6/c1-3-27(4-2)24(29)18-10-12-20(13-11-18)26-22(28)17-33-25(30)23-19(14-15-31-23)16-32-21-8-6-5-7-9-21/h5-15H,3-4,16-17H2,1-2H3,(H,26,28). The van der Waals surface area contributed by atoms with E-state index in [-0.39, 0.29) is 18.3 Å². The number of ether oxygens (including phenoxy) is 2. The van der Waals surface area contributed by atoms with Crippen LogP contribution in [0.2, 0.25) is 0 Å². The maximum atomic E-state index is 12.3. The van der Waals surface area contributed by atoms with Crippen molar-refractivity contribution in [2.24, 2.45) is 0 Å². The first-order chi connectivity index (χ1) is 16.0. The molecule has 2 aromatic carbocycles. The second-order valence-electron chi connectivity index (χ2n) is 7.06. The van der Waals surface area contributed by atoms with E-state index in [4.69, 9.17) is 13.9 Å². The molecule has 0 spiro atoms. The minimum absolute atomic E-state index is 0.0157. The number of carbonyl (C=O) groups is 3. The Morgan fingerprint density at radius 1 is 0.939 bits per heavy atom. The summed E-state index contributed by atoms with van der Waals surface area (Å²) in [5.74, 6) is -0.709. The van der Waals surface area contributed by atoms with Crippen molar-refractivity contribution in [3.05, 3.63) is 83.8 Å². The minimum atomic E-state index is -0.762. The van der Waals surface area contributed by atoms with Gasteiger partial charge in [-0.15, -0.1) is 0 Å². The fourth-order valence-corrected chi connectivity index (χ4v) is 3.09. The highest BCUT2D eigenvalue weighted by Crippen LogP contribution is 2.17. The largest absolute Gasteiger partial charge is 0.489 e. The fourth-order valence-electron chi connectivity index (χ4n) is 3.09. The van der Waals surface area contributed by atoms with Crippen molar-refractivity contribution >= 4 is 23.5 Å². The Labute approximate surface area is 192 Å². The summed E-state index contributed by atoms with van der Waals surface area (Å²) >= 11 is 0. The van der Waals surface area contributed by atoms with Gasteiger partial charge in [-0.25, -0.2) is 4.79 Å². The zero-order valence-electron chi connectivity index (χ0n) is 18.6. The highest BCUT2D eigenvalue weighted by atomic mass is 16.5. The molecule has 0 aliphatic carbocycles. The van der Waals surface area contributed by atoms with Gasteiger partial charge in [-0.1, -0.05) is 18.2 Å². The number of benzene rings is 2. The SMILES string of the molecule is CCN(CC)C(=O)c1ccc(NC(=O)COC(=O)c2occc2COc2ccccc2)cc1. The summed E-state index contributed by atoms with van der Waals surface area (Å²) in [6, 6.07) is 17.3. The summed E-state index contributed by atoms with van der Waals surface area (Å²) in [6.45, 7) is 4.71. The number of furan rings is 1. The number of hydrogen-bond acceptors (Lipinski definition) is 6. The first kappa shape index (κ1) is 23.6. The smallest absolute Gasteiger partial charge is 0.375 e. The lowest BCUT2D eigenvalue weighted by Gasteiger charge is -2.18. The molecule has 8 heteroatoms. The van der Waals surface area contributed by atoms with E-state index in [0.29, 0.717) is 35.7 Å². The van der Waals surface area contributed by atoms with Crippen LogP contribution in [0.1, 0.15) is 40.3 Å². The third-order valence-corrected chi connectivity index (χ3v) is 4.87. The Bertz CT molecular complexity index is 1070. The van der Waals surface area contributed by atoms with Gasteiger partial charge in [0.1, 0.15) is 12.4 Å².